The highest BCUT2D eigenvalue weighted by atomic mass is 79.9. The van der Waals surface area contributed by atoms with Crippen LogP contribution in [0.4, 0.5) is 4.39 Å². The smallest absolute Gasteiger partial charge is 0.196 e. The Kier molecular flexibility index (Phi) is 3.92. The molecule has 2 aromatic carbocycles. The minimum absolute atomic E-state index is 0.102. The SMILES string of the molecule is CCc1ccccc1C(=O)c1cc(Br)ccc1F. The van der Waals surface area contributed by atoms with E-state index in [0.29, 0.717) is 10.0 Å². The van der Waals surface area contributed by atoms with Crippen molar-refractivity contribution < 1.29 is 9.18 Å². The fourth-order valence-corrected chi connectivity index (χ4v) is 2.23. The summed E-state index contributed by atoms with van der Waals surface area (Å²) >= 11 is 3.25. The second-order valence-corrected chi connectivity index (χ2v) is 4.88. The van der Waals surface area contributed by atoms with Gasteiger partial charge in [-0.15, -0.1) is 0 Å². The van der Waals surface area contributed by atoms with Gasteiger partial charge in [0.1, 0.15) is 5.82 Å². The molecule has 0 aromatic heterocycles. The third-order valence-corrected chi connectivity index (χ3v) is 3.31. The quantitative estimate of drug-likeness (QED) is 0.769. The number of carbonyl (C=O) groups is 1. The normalized spacial score (nSPS) is 10.4. The predicted octanol–water partition coefficient (Wildman–Crippen LogP) is 4.38. The van der Waals surface area contributed by atoms with E-state index < -0.39 is 5.82 Å². The van der Waals surface area contributed by atoms with E-state index in [1.165, 1.54) is 12.1 Å². The van der Waals surface area contributed by atoms with E-state index in [2.05, 4.69) is 15.9 Å². The van der Waals surface area contributed by atoms with Crippen molar-refractivity contribution in [2.45, 2.75) is 13.3 Å². The van der Waals surface area contributed by atoms with Crippen LogP contribution in [0.3, 0.4) is 0 Å². The van der Waals surface area contributed by atoms with E-state index in [-0.39, 0.29) is 11.3 Å². The number of aryl methyl sites for hydroxylation is 1. The molecule has 0 atom stereocenters. The van der Waals surface area contributed by atoms with Gasteiger partial charge in [0.25, 0.3) is 0 Å². The van der Waals surface area contributed by atoms with Gasteiger partial charge in [-0.1, -0.05) is 47.1 Å². The van der Waals surface area contributed by atoms with Crippen LogP contribution in [0.25, 0.3) is 0 Å². The number of rotatable bonds is 3. The molecule has 0 saturated heterocycles. The maximum Gasteiger partial charge on any atom is 0.196 e. The van der Waals surface area contributed by atoms with Crippen molar-refractivity contribution in [3.05, 3.63) is 69.4 Å². The molecule has 0 spiro atoms. The van der Waals surface area contributed by atoms with Crippen LogP contribution in [0.5, 0.6) is 0 Å². The highest BCUT2D eigenvalue weighted by molar-refractivity contribution is 9.10. The number of ketones is 1. The molecule has 0 aliphatic carbocycles. The molecule has 0 bridgehead atoms. The summed E-state index contributed by atoms with van der Waals surface area (Å²) in [5, 5.41) is 0. The molecule has 0 fully saturated rings. The van der Waals surface area contributed by atoms with E-state index in [1.54, 1.807) is 18.2 Å². The molecule has 92 valence electrons. The standard InChI is InChI=1S/C15H12BrFO/c1-2-10-5-3-4-6-12(10)15(18)13-9-11(16)7-8-14(13)17/h3-9H,2H2,1H3. The second-order valence-electron chi connectivity index (χ2n) is 3.96. The molecule has 2 aromatic rings. The molecule has 0 aliphatic heterocycles. The Labute approximate surface area is 114 Å². The third-order valence-electron chi connectivity index (χ3n) is 2.82. The van der Waals surface area contributed by atoms with E-state index >= 15 is 0 Å². The lowest BCUT2D eigenvalue weighted by molar-refractivity contribution is 0.103. The summed E-state index contributed by atoms with van der Waals surface area (Å²) in [5.41, 5.74) is 1.60. The van der Waals surface area contributed by atoms with Gasteiger partial charge in [-0.2, -0.15) is 0 Å². The molecule has 1 nitrogen and oxygen atoms in total. The van der Waals surface area contributed by atoms with Crippen LogP contribution in [-0.2, 0) is 6.42 Å². The zero-order valence-electron chi connectivity index (χ0n) is 9.91. The fourth-order valence-electron chi connectivity index (χ4n) is 1.87. The Morgan fingerprint density at radius 1 is 1.17 bits per heavy atom. The van der Waals surface area contributed by atoms with Crippen molar-refractivity contribution in [3.8, 4) is 0 Å². The topological polar surface area (TPSA) is 17.1 Å². The summed E-state index contributed by atoms with van der Waals surface area (Å²) in [6.45, 7) is 1.98. The molecule has 0 amide bonds. The number of hydrogen-bond donors (Lipinski definition) is 0. The Morgan fingerprint density at radius 2 is 1.89 bits per heavy atom. The highest BCUT2D eigenvalue weighted by Gasteiger charge is 2.16. The molecule has 18 heavy (non-hydrogen) atoms. The molecular formula is C15H12BrFO. The van der Waals surface area contributed by atoms with Gasteiger partial charge < -0.3 is 0 Å². The lowest BCUT2D eigenvalue weighted by Crippen LogP contribution is -2.07. The lowest BCUT2D eigenvalue weighted by Gasteiger charge is -2.07. The first-order valence-corrected chi connectivity index (χ1v) is 6.50. The Bertz CT molecular complexity index is 593. The van der Waals surface area contributed by atoms with Crippen LogP contribution in [0, 0.1) is 5.82 Å². The van der Waals surface area contributed by atoms with E-state index in [9.17, 15) is 9.18 Å². The highest BCUT2D eigenvalue weighted by Crippen LogP contribution is 2.21. The number of carbonyl (C=O) groups excluding carboxylic acids is 1. The minimum atomic E-state index is -0.492. The van der Waals surface area contributed by atoms with Crippen molar-refractivity contribution in [1.82, 2.24) is 0 Å². The summed E-state index contributed by atoms with van der Waals surface area (Å²) in [4.78, 5) is 12.3. The molecule has 0 saturated carbocycles. The third kappa shape index (κ3) is 2.51. The Morgan fingerprint density at radius 3 is 2.61 bits per heavy atom. The number of benzene rings is 2. The average molecular weight is 307 g/mol. The largest absolute Gasteiger partial charge is 0.288 e. The number of halogens is 2. The van der Waals surface area contributed by atoms with Gasteiger partial charge in [0, 0.05) is 10.0 Å². The van der Waals surface area contributed by atoms with Crippen LogP contribution >= 0.6 is 15.9 Å². The van der Waals surface area contributed by atoms with Gasteiger partial charge in [0.15, 0.2) is 5.78 Å². The maximum atomic E-state index is 13.7. The molecule has 0 unspecified atom stereocenters. The van der Waals surface area contributed by atoms with Gasteiger partial charge in [0.2, 0.25) is 0 Å². The van der Waals surface area contributed by atoms with E-state index in [4.69, 9.17) is 0 Å². The molecule has 3 heteroatoms. The van der Waals surface area contributed by atoms with Crippen molar-refractivity contribution in [2.75, 3.05) is 0 Å². The van der Waals surface area contributed by atoms with Crippen molar-refractivity contribution in [1.29, 1.82) is 0 Å². The molecule has 0 aliphatic rings. The molecule has 0 N–H and O–H groups in total. The van der Waals surface area contributed by atoms with Crippen molar-refractivity contribution in [3.63, 3.8) is 0 Å². The van der Waals surface area contributed by atoms with Gasteiger partial charge in [-0.05, 0) is 30.2 Å². The van der Waals surface area contributed by atoms with Crippen LogP contribution in [-0.4, -0.2) is 5.78 Å². The molecule has 0 heterocycles. The second kappa shape index (κ2) is 5.44. The average Bonchev–Trinajstić information content (AvgIpc) is 2.40. The molecule has 0 radical (unpaired) electrons. The van der Waals surface area contributed by atoms with Crippen molar-refractivity contribution >= 4 is 21.7 Å². The Balaban J connectivity index is 2.51. The first-order chi connectivity index (χ1) is 8.63. The van der Waals surface area contributed by atoms with Gasteiger partial charge in [-0.3, -0.25) is 4.79 Å². The monoisotopic (exact) mass is 306 g/mol. The fraction of sp³-hybridized carbons (Fsp3) is 0.133. The first kappa shape index (κ1) is 13.0. The zero-order valence-corrected chi connectivity index (χ0v) is 11.5. The first-order valence-electron chi connectivity index (χ1n) is 5.71. The van der Waals surface area contributed by atoms with Gasteiger partial charge in [0.05, 0.1) is 5.56 Å². The van der Waals surface area contributed by atoms with Crippen LogP contribution in [0.1, 0.15) is 28.4 Å². The minimum Gasteiger partial charge on any atom is -0.288 e. The summed E-state index contributed by atoms with van der Waals surface area (Å²) in [6, 6.07) is 11.7. The summed E-state index contributed by atoms with van der Waals surface area (Å²) in [6.07, 6.45) is 0.748. The van der Waals surface area contributed by atoms with Gasteiger partial charge >= 0.3 is 0 Å². The maximum absolute atomic E-state index is 13.7. The molecular weight excluding hydrogens is 295 g/mol. The zero-order chi connectivity index (χ0) is 13.1. The summed E-state index contributed by atoms with van der Waals surface area (Å²) < 4.78 is 14.4. The summed E-state index contributed by atoms with van der Waals surface area (Å²) in [5.74, 6) is -0.764. The van der Waals surface area contributed by atoms with Crippen LogP contribution < -0.4 is 0 Å². The number of hydrogen-bond acceptors (Lipinski definition) is 1. The van der Waals surface area contributed by atoms with Crippen molar-refractivity contribution in [2.24, 2.45) is 0 Å². The van der Waals surface area contributed by atoms with Crippen LogP contribution in [0.15, 0.2) is 46.9 Å². The van der Waals surface area contributed by atoms with Gasteiger partial charge in [-0.25, -0.2) is 4.39 Å². The summed E-state index contributed by atoms with van der Waals surface area (Å²) in [7, 11) is 0. The molecule has 2 rings (SSSR count). The van der Waals surface area contributed by atoms with E-state index in [0.717, 1.165) is 12.0 Å². The van der Waals surface area contributed by atoms with E-state index in [1.807, 2.05) is 19.1 Å². The lowest BCUT2D eigenvalue weighted by atomic mass is 9.97. The predicted molar refractivity (Wildman–Crippen MR) is 73.4 cm³/mol. The van der Waals surface area contributed by atoms with Crippen LogP contribution in [0.2, 0.25) is 0 Å². The Hall–Kier alpha value is -1.48.